The summed E-state index contributed by atoms with van der Waals surface area (Å²) < 4.78 is 13.0. The van der Waals surface area contributed by atoms with Crippen LogP contribution in [0.3, 0.4) is 0 Å². The minimum absolute atomic E-state index is 0.601. The van der Waals surface area contributed by atoms with Gasteiger partial charge in [-0.15, -0.1) is 0 Å². The van der Waals surface area contributed by atoms with Crippen molar-refractivity contribution in [3.05, 3.63) is 29.7 Å². The first-order valence-corrected chi connectivity index (χ1v) is 8.24. The van der Waals surface area contributed by atoms with Gasteiger partial charge in [-0.2, -0.15) is 4.57 Å². The highest BCUT2D eigenvalue weighted by molar-refractivity contribution is 6.03. The molecule has 23 heavy (non-hydrogen) atoms. The summed E-state index contributed by atoms with van der Waals surface area (Å²) in [5.41, 5.74) is 6.30. The maximum Gasteiger partial charge on any atom is 0.258 e. The molecule has 0 fully saturated rings. The van der Waals surface area contributed by atoms with Gasteiger partial charge in [0, 0.05) is 37.6 Å². The van der Waals surface area contributed by atoms with Gasteiger partial charge in [0.15, 0.2) is 11.9 Å². The molecule has 3 aromatic heterocycles. The van der Waals surface area contributed by atoms with E-state index in [9.17, 15) is 0 Å². The van der Waals surface area contributed by atoms with Gasteiger partial charge in [0.25, 0.3) is 5.69 Å². The summed E-state index contributed by atoms with van der Waals surface area (Å²) in [6.45, 7) is 6.70. The van der Waals surface area contributed by atoms with Crippen LogP contribution in [0.25, 0.3) is 22.3 Å². The fourth-order valence-electron chi connectivity index (χ4n) is 3.88. The smallest absolute Gasteiger partial charge is 0.258 e. The molecule has 0 unspecified atom stereocenters. The van der Waals surface area contributed by atoms with Crippen LogP contribution in [0.4, 0.5) is 0 Å². The second-order valence-corrected chi connectivity index (χ2v) is 7.15. The van der Waals surface area contributed by atoms with E-state index in [-0.39, 0.29) is 0 Å². The van der Waals surface area contributed by atoms with Crippen molar-refractivity contribution < 1.29 is 9.30 Å². The topological polar surface area (TPSA) is 23.0 Å². The first kappa shape index (κ1) is 14.4. The monoisotopic (exact) mass is 310 g/mol. The Morgan fingerprint density at radius 3 is 2.70 bits per heavy atom. The van der Waals surface area contributed by atoms with E-state index in [4.69, 9.17) is 4.74 Å². The Bertz CT molecular complexity index is 944. The number of ether oxygens (including phenoxy) is 1. The van der Waals surface area contributed by atoms with Gasteiger partial charge in [-0.05, 0) is 19.3 Å². The van der Waals surface area contributed by atoms with Crippen molar-refractivity contribution in [2.45, 2.75) is 27.2 Å². The first-order chi connectivity index (χ1) is 10.9. The maximum absolute atomic E-state index is 6.40. The van der Waals surface area contributed by atoms with Crippen molar-refractivity contribution >= 4 is 11.0 Å². The third kappa shape index (κ3) is 1.81. The van der Waals surface area contributed by atoms with E-state index in [1.807, 2.05) is 0 Å². The van der Waals surface area contributed by atoms with Gasteiger partial charge in [0.05, 0.1) is 10.9 Å². The lowest BCUT2D eigenvalue weighted by atomic mass is 9.97. The molecule has 1 aliphatic heterocycles. The van der Waals surface area contributed by atoms with Gasteiger partial charge >= 0.3 is 0 Å². The van der Waals surface area contributed by atoms with Crippen LogP contribution in [0.5, 0.6) is 11.5 Å². The standard InChI is InChI=1S/C19H24N3O/c1-11(2)9-13-7-8-20(4)17-15-12(3)22(6)19-16(15)14(10-21(19)5)23-18(13)17/h7-8,10-11H,9H2,1-6H3/q+1. The molecule has 0 saturated carbocycles. The second-order valence-electron chi connectivity index (χ2n) is 7.15. The number of aromatic nitrogens is 3. The Hall–Kier alpha value is -2.23. The van der Waals surface area contributed by atoms with Crippen LogP contribution >= 0.6 is 0 Å². The fraction of sp³-hybridized carbons (Fsp3) is 0.421. The van der Waals surface area contributed by atoms with E-state index in [2.05, 4.69) is 74.1 Å². The molecule has 0 aliphatic carbocycles. The SMILES string of the molecule is Cc1c2c3c(cn(C)c3n1C)Oc1c(CC(C)C)cc[n+](C)c1-2. The number of fused-ring (bicyclic) bond motifs is 2. The van der Waals surface area contributed by atoms with Crippen molar-refractivity contribution in [2.24, 2.45) is 27.1 Å². The summed E-state index contributed by atoms with van der Waals surface area (Å²) in [6.07, 6.45) is 5.29. The van der Waals surface area contributed by atoms with Gasteiger partial charge < -0.3 is 13.9 Å². The van der Waals surface area contributed by atoms with Crippen molar-refractivity contribution in [1.29, 1.82) is 0 Å². The molecule has 0 bridgehead atoms. The highest BCUT2D eigenvalue weighted by atomic mass is 16.5. The van der Waals surface area contributed by atoms with E-state index in [0.29, 0.717) is 5.92 Å². The number of hydrogen-bond acceptors (Lipinski definition) is 1. The Morgan fingerprint density at radius 2 is 2.00 bits per heavy atom. The zero-order chi connectivity index (χ0) is 16.5. The predicted octanol–water partition coefficient (Wildman–Crippen LogP) is 3.62. The lowest BCUT2D eigenvalue weighted by Crippen LogP contribution is -2.32. The second kappa shape index (κ2) is 4.63. The normalized spacial score (nSPS) is 12.8. The molecule has 0 spiro atoms. The largest absolute Gasteiger partial charge is 0.448 e. The van der Waals surface area contributed by atoms with Crippen LogP contribution in [-0.4, -0.2) is 9.13 Å². The number of rotatable bonds is 2. The highest BCUT2D eigenvalue weighted by Crippen LogP contribution is 2.49. The molecular formula is C19H24N3O+. The minimum atomic E-state index is 0.601. The fourth-order valence-corrected chi connectivity index (χ4v) is 3.88. The van der Waals surface area contributed by atoms with Gasteiger partial charge in [0.1, 0.15) is 12.7 Å². The molecule has 0 saturated heterocycles. The van der Waals surface area contributed by atoms with E-state index in [1.165, 1.54) is 33.5 Å². The molecule has 0 atom stereocenters. The van der Waals surface area contributed by atoms with E-state index in [1.54, 1.807) is 0 Å². The molecule has 1 aliphatic rings. The molecule has 4 heteroatoms. The zero-order valence-corrected chi connectivity index (χ0v) is 14.8. The molecule has 120 valence electrons. The van der Waals surface area contributed by atoms with E-state index in [0.717, 1.165) is 17.9 Å². The maximum atomic E-state index is 6.40. The zero-order valence-electron chi connectivity index (χ0n) is 14.8. The molecular weight excluding hydrogens is 286 g/mol. The summed E-state index contributed by atoms with van der Waals surface area (Å²) >= 11 is 0. The number of pyridine rings is 1. The summed E-state index contributed by atoms with van der Waals surface area (Å²) in [6, 6.07) is 2.20. The van der Waals surface area contributed by atoms with E-state index >= 15 is 0 Å². The third-order valence-corrected chi connectivity index (χ3v) is 4.98. The molecule has 4 nitrogen and oxygen atoms in total. The average Bonchev–Trinajstić information content (AvgIpc) is 2.94. The molecule has 0 radical (unpaired) electrons. The average molecular weight is 310 g/mol. The highest BCUT2D eigenvalue weighted by Gasteiger charge is 2.35. The first-order valence-electron chi connectivity index (χ1n) is 8.24. The quantitative estimate of drug-likeness (QED) is 0.519. The van der Waals surface area contributed by atoms with Crippen LogP contribution in [0.2, 0.25) is 0 Å². The van der Waals surface area contributed by atoms with Crippen molar-refractivity contribution in [2.75, 3.05) is 0 Å². The van der Waals surface area contributed by atoms with Crippen LogP contribution < -0.4 is 9.30 Å². The number of hydrogen-bond donors (Lipinski definition) is 0. The summed E-state index contributed by atoms with van der Waals surface area (Å²) in [4.78, 5) is 0. The molecule has 4 heterocycles. The van der Waals surface area contributed by atoms with Crippen LogP contribution in [-0.2, 0) is 27.6 Å². The summed E-state index contributed by atoms with van der Waals surface area (Å²) in [5.74, 6) is 2.60. The molecule has 0 amide bonds. The molecule has 0 N–H and O–H groups in total. The molecule has 3 aromatic rings. The van der Waals surface area contributed by atoms with Crippen LogP contribution in [0.15, 0.2) is 18.5 Å². The molecule has 0 aromatic carbocycles. The number of nitrogens with zero attached hydrogens (tertiary/aromatic N) is 3. The van der Waals surface area contributed by atoms with Crippen molar-refractivity contribution in [1.82, 2.24) is 9.13 Å². The van der Waals surface area contributed by atoms with Gasteiger partial charge in [-0.3, -0.25) is 0 Å². The van der Waals surface area contributed by atoms with E-state index < -0.39 is 0 Å². The van der Waals surface area contributed by atoms with Crippen LogP contribution in [0, 0.1) is 12.8 Å². The lowest BCUT2D eigenvalue weighted by Gasteiger charge is -2.18. The lowest BCUT2D eigenvalue weighted by molar-refractivity contribution is -0.660. The van der Waals surface area contributed by atoms with Gasteiger partial charge in [0.2, 0.25) is 5.75 Å². The van der Waals surface area contributed by atoms with Gasteiger partial charge in [-0.25, -0.2) is 0 Å². The Morgan fingerprint density at radius 1 is 1.26 bits per heavy atom. The van der Waals surface area contributed by atoms with Crippen molar-refractivity contribution in [3.63, 3.8) is 0 Å². The Balaban J connectivity index is 2.10. The Labute approximate surface area is 136 Å². The summed E-state index contributed by atoms with van der Waals surface area (Å²) in [5, 5.41) is 1.23. The van der Waals surface area contributed by atoms with Gasteiger partial charge in [-0.1, -0.05) is 13.8 Å². The predicted molar refractivity (Wildman–Crippen MR) is 91.9 cm³/mol. The Kier molecular flexibility index (Phi) is 2.89. The number of aryl methyl sites for hydroxylation is 3. The minimum Gasteiger partial charge on any atom is -0.448 e. The van der Waals surface area contributed by atoms with Crippen LogP contribution in [0.1, 0.15) is 25.1 Å². The molecule has 4 rings (SSSR count). The summed E-state index contributed by atoms with van der Waals surface area (Å²) in [7, 11) is 6.32. The van der Waals surface area contributed by atoms with Crippen molar-refractivity contribution in [3.8, 4) is 22.8 Å². The third-order valence-electron chi connectivity index (χ3n) is 4.98.